The highest BCUT2D eigenvalue weighted by molar-refractivity contribution is 5.95. The van der Waals surface area contributed by atoms with Gasteiger partial charge < -0.3 is 19.8 Å². The minimum atomic E-state index is -0.238. The average Bonchev–Trinajstić information content (AvgIpc) is 3.05. The number of rotatable bonds is 3. The van der Waals surface area contributed by atoms with E-state index in [9.17, 15) is 4.79 Å². The van der Waals surface area contributed by atoms with Crippen molar-refractivity contribution in [3.8, 4) is 11.5 Å². The summed E-state index contributed by atoms with van der Waals surface area (Å²) < 4.78 is 11.0. The van der Waals surface area contributed by atoms with Gasteiger partial charge in [-0.3, -0.25) is 4.79 Å². The number of fused-ring (bicyclic) bond motifs is 2. The maximum Gasteiger partial charge on any atom is 0.251 e. The predicted octanol–water partition coefficient (Wildman–Crippen LogP) is 2.83. The summed E-state index contributed by atoms with van der Waals surface area (Å²) in [4.78, 5) is 20.2. The van der Waals surface area contributed by atoms with Crippen molar-refractivity contribution in [1.82, 2.24) is 15.3 Å². The third-order valence-electron chi connectivity index (χ3n) is 3.97. The minimum Gasteiger partial charge on any atom is -0.486 e. The van der Waals surface area contributed by atoms with E-state index in [1.54, 1.807) is 18.2 Å². The van der Waals surface area contributed by atoms with Crippen LogP contribution in [0.4, 0.5) is 0 Å². The topological polar surface area (TPSA) is 76.2 Å². The molecule has 2 N–H and O–H groups in total. The number of amides is 1. The standard InChI is InChI=1S/C18H17N3O3/c1-11(17-20-13-4-2-3-5-14(13)21-17)19-18(22)12-6-7-15-16(10-12)24-9-8-23-15/h2-7,10-11H,8-9H2,1H3,(H,19,22)(H,20,21). The van der Waals surface area contributed by atoms with E-state index >= 15 is 0 Å². The first-order chi connectivity index (χ1) is 11.7. The highest BCUT2D eigenvalue weighted by atomic mass is 16.6. The fourth-order valence-corrected chi connectivity index (χ4v) is 2.71. The van der Waals surface area contributed by atoms with E-state index in [1.807, 2.05) is 31.2 Å². The SMILES string of the molecule is CC(NC(=O)c1ccc2c(c1)OCCO2)c1nc2ccccc2[nH]1. The van der Waals surface area contributed by atoms with E-state index in [4.69, 9.17) is 9.47 Å². The van der Waals surface area contributed by atoms with Crippen molar-refractivity contribution < 1.29 is 14.3 Å². The molecule has 0 fully saturated rings. The van der Waals surface area contributed by atoms with Gasteiger partial charge in [0.25, 0.3) is 5.91 Å². The van der Waals surface area contributed by atoms with Gasteiger partial charge in [-0.25, -0.2) is 4.98 Å². The number of aromatic nitrogens is 2. The summed E-state index contributed by atoms with van der Waals surface area (Å²) in [7, 11) is 0. The van der Waals surface area contributed by atoms with Crippen molar-refractivity contribution >= 4 is 16.9 Å². The average molecular weight is 323 g/mol. The van der Waals surface area contributed by atoms with Crippen molar-refractivity contribution in [3.63, 3.8) is 0 Å². The fraction of sp³-hybridized carbons (Fsp3) is 0.222. The van der Waals surface area contributed by atoms with Crippen LogP contribution in [0.15, 0.2) is 42.5 Å². The number of aromatic amines is 1. The number of nitrogens with zero attached hydrogens (tertiary/aromatic N) is 1. The van der Waals surface area contributed by atoms with Crippen LogP contribution in [0.2, 0.25) is 0 Å². The number of para-hydroxylation sites is 2. The van der Waals surface area contributed by atoms with Gasteiger partial charge in [-0.2, -0.15) is 0 Å². The smallest absolute Gasteiger partial charge is 0.251 e. The summed E-state index contributed by atoms with van der Waals surface area (Å²) in [6.07, 6.45) is 0. The van der Waals surface area contributed by atoms with Gasteiger partial charge >= 0.3 is 0 Å². The molecule has 1 amide bonds. The first-order valence-corrected chi connectivity index (χ1v) is 7.86. The van der Waals surface area contributed by atoms with Gasteiger partial charge in [-0.05, 0) is 37.3 Å². The zero-order valence-corrected chi connectivity index (χ0v) is 13.2. The Morgan fingerprint density at radius 3 is 2.79 bits per heavy atom. The van der Waals surface area contributed by atoms with E-state index in [1.165, 1.54) is 0 Å². The predicted molar refractivity (Wildman–Crippen MR) is 89.4 cm³/mol. The quantitative estimate of drug-likeness (QED) is 0.777. The molecule has 4 rings (SSSR count). The lowest BCUT2D eigenvalue weighted by atomic mass is 10.1. The Balaban J connectivity index is 1.52. The second-order valence-electron chi connectivity index (χ2n) is 5.69. The maximum absolute atomic E-state index is 12.5. The summed E-state index contributed by atoms with van der Waals surface area (Å²) in [5, 5.41) is 2.95. The molecule has 0 saturated carbocycles. The maximum atomic E-state index is 12.5. The van der Waals surface area contributed by atoms with Crippen LogP contribution in [-0.4, -0.2) is 29.1 Å². The van der Waals surface area contributed by atoms with Crippen LogP contribution in [0.25, 0.3) is 11.0 Å². The molecule has 0 radical (unpaired) electrons. The molecule has 1 aliphatic heterocycles. The first-order valence-electron chi connectivity index (χ1n) is 7.86. The molecule has 0 bridgehead atoms. The van der Waals surface area contributed by atoms with Crippen LogP contribution in [0.1, 0.15) is 29.1 Å². The zero-order chi connectivity index (χ0) is 16.5. The van der Waals surface area contributed by atoms with E-state index in [0.29, 0.717) is 30.3 Å². The molecule has 1 atom stereocenters. The molecule has 0 spiro atoms. The lowest BCUT2D eigenvalue weighted by molar-refractivity contribution is 0.0937. The summed E-state index contributed by atoms with van der Waals surface area (Å²) in [5.41, 5.74) is 2.36. The van der Waals surface area contributed by atoms with Gasteiger partial charge in [-0.15, -0.1) is 0 Å². The van der Waals surface area contributed by atoms with Crippen molar-refractivity contribution in [2.45, 2.75) is 13.0 Å². The number of carbonyl (C=O) groups is 1. The molecule has 1 aliphatic rings. The number of ether oxygens (including phenoxy) is 2. The van der Waals surface area contributed by atoms with Crippen molar-refractivity contribution in [2.75, 3.05) is 13.2 Å². The highest BCUT2D eigenvalue weighted by Gasteiger charge is 2.18. The van der Waals surface area contributed by atoms with Crippen LogP contribution >= 0.6 is 0 Å². The summed E-state index contributed by atoms with van der Waals surface area (Å²) in [5.74, 6) is 1.82. The molecule has 2 heterocycles. The summed E-state index contributed by atoms with van der Waals surface area (Å²) in [6, 6.07) is 12.7. The van der Waals surface area contributed by atoms with Gasteiger partial charge in [0.2, 0.25) is 0 Å². The largest absolute Gasteiger partial charge is 0.486 e. The molecule has 0 saturated heterocycles. The first kappa shape index (κ1) is 14.6. The fourth-order valence-electron chi connectivity index (χ4n) is 2.71. The normalized spacial score (nSPS) is 14.4. The van der Waals surface area contributed by atoms with Crippen LogP contribution in [0.3, 0.4) is 0 Å². The van der Waals surface area contributed by atoms with E-state index in [-0.39, 0.29) is 11.9 Å². The van der Waals surface area contributed by atoms with Crippen LogP contribution < -0.4 is 14.8 Å². The second kappa shape index (κ2) is 5.88. The van der Waals surface area contributed by atoms with Gasteiger partial charge in [-0.1, -0.05) is 12.1 Å². The van der Waals surface area contributed by atoms with E-state index in [0.717, 1.165) is 16.9 Å². The van der Waals surface area contributed by atoms with Crippen LogP contribution in [-0.2, 0) is 0 Å². The van der Waals surface area contributed by atoms with Gasteiger partial charge in [0.05, 0.1) is 17.1 Å². The number of nitrogens with one attached hydrogen (secondary N) is 2. The van der Waals surface area contributed by atoms with Crippen LogP contribution in [0, 0.1) is 0 Å². The summed E-state index contributed by atoms with van der Waals surface area (Å²) in [6.45, 7) is 2.92. The van der Waals surface area contributed by atoms with Crippen molar-refractivity contribution in [2.24, 2.45) is 0 Å². The van der Waals surface area contributed by atoms with Gasteiger partial charge in [0.1, 0.15) is 19.0 Å². The number of benzene rings is 2. The summed E-state index contributed by atoms with van der Waals surface area (Å²) >= 11 is 0. The number of hydrogen-bond acceptors (Lipinski definition) is 4. The lowest BCUT2D eigenvalue weighted by Crippen LogP contribution is -2.27. The Morgan fingerprint density at radius 2 is 1.96 bits per heavy atom. The molecule has 122 valence electrons. The molecule has 6 nitrogen and oxygen atoms in total. The molecule has 2 aromatic carbocycles. The van der Waals surface area contributed by atoms with Crippen molar-refractivity contribution in [1.29, 1.82) is 0 Å². The third-order valence-corrected chi connectivity index (χ3v) is 3.97. The molecular formula is C18H17N3O3. The lowest BCUT2D eigenvalue weighted by Gasteiger charge is -2.19. The van der Waals surface area contributed by atoms with Crippen molar-refractivity contribution in [3.05, 3.63) is 53.9 Å². The third kappa shape index (κ3) is 2.67. The Labute approximate surface area is 138 Å². The Hall–Kier alpha value is -3.02. The molecule has 24 heavy (non-hydrogen) atoms. The molecule has 1 unspecified atom stereocenters. The molecule has 3 aromatic rings. The number of hydrogen-bond donors (Lipinski definition) is 2. The molecule has 0 aliphatic carbocycles. The minimum absolute atomic E-state index is 0.181. The Kier molecular flexibility index (Phi) is 3.57. The molecule has 1 aromatic heterocycles. The zero-order valence-electron chi connectivity index (χ0n) is 13.2. The Morgan fingerprint density at radius 1 is 1.17 bits per heavy atom. The van der Waals surface area contributed by atoms with Gasteiger partial charge in [0.15, 0.2) is 11.5 Å². The number of H-pyrrole nitrogens is 1. The molecule has 6 heteroatoms. The molecular weight excluding hydrogens is 306 g/mol. The number of carbonyl (C=O) groups excluding carboxylic acids is 1. The van der Waals surface area contributed by atoms with Gasteiger partial charge in [0, 0.05) is 5.56 Å². The van der Waals surface area contributed by atoms with Crippen LogP contribution in [0.5, 0.6) is 11.5 Å². The van der Waals surface area contributed by atoms with E-state index < -0.39 is 0 Å². The second-order valence-corrected chi connectivity index (χ2v) is 5.69. The van der Waals surface area contributed by atoms with E-state index in [2.05, 4.69) is 15.3 Å². The highest BCUT2D eigenvalue weighted by Crippen LogP contribution is 2.30. The monoisotopic (exact) mass is 323 g/mol. The number of imidazole rings is 1. The Bertz CT molecular complexity index is 870.